The van der Waals surface area contributed by atoms with Gasteiger partial charge < -0.3 is 9.84 Å². The van der Waals surface area contributed by atoms with Gasteiger partial charge in [0.05, 0.1) is 11.5 Å². The molecule has 0 radical (unpaired) electrons. The van der Waals surface area contributed by atoms with E-state index in [1.54, 1.807) is 0 Å². The lowest BCUT2D eigenvalue weighted by atomic mass is 9.68. The van der Waals surface area contributed by atoms with Gasteiger partial charge in [0.15, 0.2) is 5.60 Å². The van der Waals surface area contributed by atoms with Crippen molar-refractivity contribution in [1.29, 1.82) is 0 Å². The molecule has 0 aromatic heterocycles. The number of aliphatic hydroxyl groups is 1. The van der Waals surface area contributed by atoms with Crippen molar-refractivity contribution in [3.63, 3.8) is 0 Å². The van der Waals surface area contributed by atoms with E-state index >= 15 is 0 Å². The predicted molar refractivity (Wildman–Crippen MR) is 98.0 cm³/mol. The molecule has 0 spiro atoms. The molecule has 2 bridgehead atoms. The van der Waals surface area contributed by atoms with E-state index in [2.05, 4.69) is 6.92 Å². The fourth-order valence-electron chi connectivity index (χ4n) is 5.85. The number of esters is 1. The van der Waals surface area contributed by atoms with Crippen molar-refractivity contribution in [2.75, 3.05) is 0 Å². The minimum absolute atomic E-state index is 0.0707. The fraction of sp³-hybridized carbons (Fsp3) is 0.864. The minimum atomic E-state index is -1.09. The second-order valence-electron chi connectivity index (χ2n) is 9.64. The van der Waals surface area contributed by atoms with Crippen LogP contribution < -0.4 is 0 Å². The molecule has 0 aliphatic heterocycles. The molecule has 0 aromatic rings. The summed E-state index contributed by atoms with van der Waals surface area (Å²) in [5.74, 6) is 1.77. The van der Waals surface area contributed by atoms with E-state index in [0.717, 1.165) is 43.4 Å². The molecule has 1 N–H and O–H groups in total. The van der Waals surface area contributed by atoms with Crippen molar-refractivity contribution < 1.29 is 19.0 Å². The Morgan fingerprint density at radius 3 is 2.08 bits per heavy atom. The molecule has 0 heterocycles. The van der Waals surface area contributed by atoms with Gasteiger partial charge in [0, 0.05) is 0 Å². The molecule has 3 saturated carbocycles. The van der Waals surface area contributed by atoms with Crippen LogP contribution in [0, 0.1) is 23.7 Å². The molecule has 0 atom stereocenters. The summed E-state index contributed by atoms with van der Waals surface area (Å²) < 4.78 is 20.2. The zero-order valence-corrected chi connectivity index (χ0v) is 16.0. The van der Waals surface area contributed by atoms with Gasteiger partial charge in [-0.3, -0.25) is 4.79 Å². The molecule has 0 unspecified atom stereocenters. The van der Waals surface area contributed by atoms with E-state index in [0.29, 0.717) is 25.7 Å². The van der Waals surface area contributed by atoms with Crippen LogP contribution in [0.2, 0.25) is 0 Å². The van der Waals surface area contributed by atoms with Crippen molar-refractivity contribution in [3.05, 3.63) is 11.9 Å². The molecular weight excluding hydrogens is 331 g/mol. The Bertz CT molecular complexity index is 560. The molecule has 0 amide bonds. The standard InChI is InChI=1S/C22H33FO3/c1-15-2-4-16(5-3-15)17-6-8-18(9-7-17)20(24)26-22-12-10-21(25,11-13-22)14-19(22)23/h14-18,25H,2-13H2,1H3. The Morgan fingerprint density at radius 1 is 1.00 bits per heavy atom. The topological polar surface area (TPSA) is 46.5 Å². The lowest BCUT2D eigenvalue weighted by Crippen LogP contribution is -2.51. The SMILES string of the molecule is CC1CCC(C2CCC(C(=O)OC34CCC(O)(C=C3F)CC4)CC2)CC1. The summed E-state index contributed by atoms with van der Waals surface area (Å²) in [4.78, 5) is 12.7. The lowest BCUT2D eigenvalue weighted by molar-refractivity contribution is -0.174. The maximum Gasteiger partial charge on any atom is 0.309 e. The first kappa shape index (κ1) is 18.5. The third kappa shape index (κ3) is 3.46. The van der Waals surface area contributed by atoms with Crippen molar-refractivity contribution in [3.8, 4) is 0 Å². The largest absolute Gasteiger partial charge is 0.451 e. The van der Waals surface area contributed by atoms with Crippen LogP contribution in [-0.2, 0) is 9.53 Å². The Hall–Kier alpha value is -0.900. The molecule has 4 heteroatoms. The van der Waals surface area contributed by atoms with Gasteiger partial charge in [-0.1, -0.05) is 19.8 Å². The third-order valence-corrected chi connectivity index (χ3v) is 7.88. The third-order valence-electron chi connectivity index (χ3n) is 7.88. The Kier molecular flexibility index (Phi) is 4.92. The number of carbonyl (C=O) groups is 1. The second kappa shape index (κ2) is 6.92. The number of ether oxygens (including phenoxy) is 1. The molecule has 26 heavy (non-hydrogen) atoms. The molecular formula is C22H33FO3. The summed E-state index contributed by atoms with van der Waals surface area (Å²) in [5.41, 5.74) is -2.11. The summed E-state index contributed by atoms with van der Waals surface area (Å²) >= 11 is 0. The molecule has 5 aliphatic carbocycles. The second-order valence-corrected chi connectivity index (χ2v) is 9.64. The number of hydrogen-bond donors (Lipinski definition) is 1. The average molecular weight is 365 g/mol. The van der Waals surface area contributed by atoms with Crippen molar-refractivity contribution in [1.82, 2.24) is 0 Å². The van der Waals surface area contributed by atoms with E-state index in [1.807, 2.05) is 0 Å². The highest BCUT2D eigenvalue weighted by molar-refractivity contribution is 5.73. The summed E-state index contributed by atoms with van der Waals surface area (Å²) in [7, 11) is 0. The van der Waals surface area contributed by atoms with Crippen molar-refractivity contribution in [2.24, 2.45) is 23.7 Å². The van der Waals surface area contributed by atoms with Crippen LogP contribution in [-0.4, -0.2) is 22.3 Å². The van der Waals surface area contributed by atoms with E-state index in [9.17, 15) is 14.3 Å². The summed E-state index contributed by atoms with van der Waals surface area (Å²) in [6.07, 6.45) is 12.5. The van der Waals surface area contributed by atoms with Crippen molar-refractivity contribution >= 4 is 5.97 Å². The zero-order valence-electron chi connectivity index (χ0n) is 16.0. The molecule has 146 valence electrons. The van der Waals surface area contributed by atoms with Gasteiger partial charge in [0.25, 0.3) is 0 Å². The normalized spacial score (nSPS) is 45.9. The number of hydrogen-bond acceptors (Lipinski definition) is 3. The molecule has 3 nitrogen and oxygen atoms in total. The molecule has 3 fully saturated rings. The highest BCUT2D eigenvalue weighted by Gasteiger charge is 2.52. The van der Waals surface area contributed by atoms with Gasteiger partial charge in [-0.2, -0.15) is 0 Å². The fourth-order valence-corrected chi connectivity index (χ4v) is 5.85. The average Bonchev–Trinajstić information content (AvgIpc) is 2.64. The van der Waals surface area contributed by atoms with Crippen LogP contribution in [0.15, 0.2) is 11.9 Å². The first-order chi connectivity index (χ1) is 12.4. The first-order valence-electron chi connectivity index (χ1n) is 10.7. The van der Waals surface area contributed by atoms with Crippen LogP contribution in [0.25, 0.3) is 0 Å². The molecule has 5 aliphatic rings. The maximum absolute atomic E-state index is 14.5. The van der Waals surface area contributed by atoms with E-state index < -0.39 is 17.0 Å². The van der Waals surface area contributed by atoms with Crippen LogP contribution >= 0.6 is 0 Å². The van der Waals surface area contributed by atoms with Crippen LogP contribution in [0.3, 0.4) is 0 Å². The van der Waals surface area contributed by atoms with Crippen LogP contribution in [0.4, 0.5) is 4.39 Å². The molecule has 0 saturated heterocycles. The molecule has 5 rings (SSSR count). The van der Waals surface area contributed by atoms with Crippen LogP contribution in [0.5, 0.6) is 0 Å². The van der Waals surface area contributed by atoms with Gasteiger partial charge >= 0.3 is 5.97 Å². The monoisotopic (exact) mass is 364 g/mol. The Balaban J connectivity index is 1.31. The predicted octanol–water partition coefficient (Wildman–Crippen LogP) is 5.07. The van der Waals surface area contributed by atoms with E-state index in [1.165, 1.54) is 31.8 Å². The zero-order chi connectivity index (χ0) is 18.4. The van der Waals surface area contributed by atoms with Gasteiger partial charge in [-0.05, 0) is 88.0 Å². The van der Waals surface area contributed by atoms with Gasteiger partial charge in [-0.25, -0.2) is 4.39 Å². The van der Waals surface area contributed by atoms with E-state index in [-0.39, 0.29) is 11.9 Å². The quantitative estimate of drug-likeness (QED) is 0.711. The first-order valence-corrected chi connectivity index (χ1v) is 10.7. The summed E-state index contributed by atoms with van der Waals surface area (Å²) in [6, 6.07) is 0. The number of halogens is 1. The Morgan fingerprint density at radius 2 is 1.54 bits per heavy atom. The van der Waals surface area contributed by atoms with E-state index in [4.69, 9.17) is 4.74 Å². The maximum atomic E-state index is 14.5. The van der Waals surface area contributed by atoms with Gasteiger partial charge in [0.2, 0.25) is 0 Å². The van der Waals surface area contributed by atoms with Gasteiger partial charge in [-0.15, -0.1) is 0 Å². The number of rotatable bonds is 3. The highest BCUT2D eigenvalue weighted by Crippen LogP contribution is 2.49. The minimum Gasteiger partial charge on any atom is -0.451 e. The van der Waals surface area contributed by atoms with Gasteiger partial charge in [0.1, 0.15) is 5.83 Å². The summed E-state index contributed by atoms with van der Waals surface area (Å²) in [5, 5.41) is 10.2. The highest BCUT2D eigenvalue weighted by atomic mass is 19.1. The summed E-state index contributed by atoms with van der Waals surface area (Å²) in [6.45, 7) is 2.35. The smallest absolute Gasteiger partial charge is 0.309 e. The number of carbonyl (C=O) groups excluding carboxylic acids is 1. The Labute approximate surface area is 156 Å². The molecule has 0 aromatic carbocycles. The number of fused-ring (bicyclic) bond motifs is 2. The van der Waals surface area contributed by atoms with Crippen molar-refractivity contribution in [2.45, 2.75) is 95.2 Å². The van der Waals surface area contributed by atoms with Crippen LogP contribution in [0.1, 0.15) is 84.0 Å². The lowest BCUT2D eigenvalue weighted by Gasteiger charge is -2.47.